The summed E-state index contributed by atoms with van der Waals surface area (Å²) in [6, 6.07) is 7.43. The van der Waals surface area contributed by atoms with Crippen molar-refractivity contribution in [3.05, 3.63) is 47.8 Å². The first kappa shape index (κ1) is 23.9. The normalized spacial score (nSPS) is 16.8. The number of aromatic nitrogens is 2. The number of hydrogen-bond acceptors (Lipinski definition) is 6. The van der Waals surface area contributed by atoms with Gasteiger partial charge in [0.2, 0.25) is 0 Å². The van der Waals surface area contributed by atoms with Gasteiger partial charge < -0.3 is 14.5 Å². The predicted molar refractivity (Wildman–Crippen MR) is 127 cm³/mol. The number of ether oxygens (including phenoxy) is 1. The van der Waals surface area contributed by atoms with Crippen LogP contribution in [0, 0.1) is 0 Å². The number of rotatable bonds is 5. The summed E-state index contributed by atoms with van der Waals surface area (Å²) in [6.45, 7) is 8.25. The van der Waals surface area contributed by atoms with Crippen molar-refractivity contribution in [1.82, 2.24) is 19.8 Å². The minimum atomic E-state index is -0.522. The average molecular weight is 465 g/mol. The molecule has 180 valence electrons. The lowest BCUT2D eigenvalue weighted by Gasteiger charge is -2.39. The highest BCUT2D eigenvalue weighted by Crippen LogP contribution is 2.33. The minimum absolute atomic E-state index is 0.00510. The van der Waals surface area contributed by atoms with Crippen LogP contribution in [-0.4, -0.2) is 68.3 Å². The molecule has 2 aliphatic rings. The molecule has 0 bridgehead atoms. The van der Waals surface area contributed by atoms with Gasteiger partial charge in [0.25, 0.3) is 5.91 Å². The summed E-state index contributed by atoms with van der Waals surface area (Å²) in [5, 5.41) is 0. The van der Waals surface area contributed by atoms with Gasteiger partial charge in [0, 0.05) is 48.7 Å². The van der Waals surface area contributed by atoms with Crippen LogP contribution in [0.3, 0.4) is 0 Å². The van der Waals surface area contributed by atoms with Crippen molar-refractivity contribution in [2.75, 3.05) is 13.1 Å². The second-order valence-corrected chi connectivity index (χ2v) is 10.1. The Bertz CT molecular complexity index is 1050. The molecule has 0 atom stereocenters. The molecule has 8 nitrogen and oxygen atoms in total. The Balaban J connectivity index is 1.42. The van der Waals surface area contributed by atoms with Crippen LogP contribution in [0.4, 0.5) is 4.79 Å². The maximum atomic E-state index is 13.4. The molecule has 1 saturated heterocycles. The van der Waals surface area contributed by atoms with E-state index in [9.17, 15) is 14.4 Å². The van der Waals surface area contributed by atoms with E-state index < -0.39 is 5.60 Å². The molecule has 1 aromatic carbocycles. The molecule has 2 amide bonds. The molecule has 1 aliphatic heterocycles. The summed E-state index contributed by atoms with van der Waals surface area (Å²) < 4.78 is 5.49. The van der Waals surface area contributed by atoms with Gasteiger partial charge in [-0.3, -0.25) is 9.59 Å². The largest absolute Gasteiger partial charge is 0.444 e. The zero-order chi connectivity index (χ0) is 24.5. The molecule has 4 rings (SSSR count). The third-order valence-electron chi connectivity index (χ3n) is 6.13. The smallest absolute Gasteiger partial charge is 0.410 e. The predicted octanol–water partition coefficient (Wildman–Crippen LogP) is 4.35. The molecule has 0 spiro atoms. The Morgan fingerprint density at radius 2 is 1.47 bits per heavy atom. The lowest BCUT2D eigenvalue weighted by Crippen LogP contribution is -2.50. The molecular weight excluding hydrogens is 432 g/mol. The van der Waals surface area contributed by atoms with Crippen LogP contribution >= 0.6 is 0 Å². The minimum Gasteiger partial charge on any atom is -0.444 e. The van der Waals surface area contributed by atoms with Gasteiger partial charge in [-0.2, -0.15) is 0 Å². The van der Waals surface area contributed by atoms with E-state index in [1.807, 2.05) is 37.8 Å². The molecule has 34 heavy (non-hydrogen) atoms. The Morgan fingerprint density at radius 1 is 0.912 bits per heavy atom. The standard InChI is InChI=1S/C26H32N4O4/c1-17(31)18-5-7-19(8-6-18)23-27-15-20(16-28-23)24(32)30(21-9-10-21)22-11-13-29(14-12-22)25(33)34-26(2,3)4/h5-8,15-16,21-22H,9-14H2,1-4H3. The molecule has 2 fully saturated rings. The number of nitrogens with zero attached hydrogens (tertiary/aromatic N) is 4. The van der Waals surface area contributed by atoms with Crippen molar-refractivity contribution in [3.63, 3.8) is 0 Å². The molecule has 1 aliphatic carbocycles. The Kier molecular flexibility index (Phi) is 6.68. The highest BCUT2D eigenvalue weighted by Gasteiger charge is 2.40. The lowest BCUT2D eigenvalue weighted by molar-refractivity contribution is 0.0142. The van der Waals surface area contributed by atoms with E-state index in [1.54, 1.807) is 29.4 Å². The second-order valence-electron chi connectivity index (χ2n) is 10.1. The molecule has 1 aromatic heterocycles. The zero-order valence-corrected chi connectivity index (χ0v) is 20.3. The van der Waals surface area contributed by atoms with Gasteiger partial charge >= 0.3 is 6.09 Å². The van der Waals surface area contributed by atoms with Crippen molar-refractivity contribution in [1.29, 1.82) is 0 Å². The van der Waals surface area contributed by atoms with E-state index >= 15 is 0 Å². The van der Waals surface area contributed by atoms with Crippen LogP contribution < -0.4 is 0 Å². The first-order chi connectivity index (χ1) is 16.1. The van der Waals surface area contributed by atoms with Crippen LogP contribution in [0.25, 0.3) is 11.4 Å². The first-order valence-electron chi connectivity index (χ1n) is 11.9. The van der Waals surface area contributed by atoms with Gasteiger partial charge in [0.15, 0.2) is 11.6 Å². The second kappa shape index (κ2) is 9.52. The van der Waals surface area contributed by atoms with E-state index in [1.165, 1.54) is 6.92 Å². The molecule has 0 unspecified atom stereocenters. The number of hydrogen-bond donors (Lipinski definition) is 0. The zero-order valence-electron chi connectivity index (χ0n) is 20.3. The van der Waals surface area contributed by atoms with Gasteiger partial charge in [-0.25, -0.2) is 14.8 Å². The van der Waals surface area contributed by atoms with Crippen molar-refractivity contribution in [3.8, 4) is 11.4 Å². The topological polar surface area (TPSA) is 92.7 Å². The average Bonchev–Trinajstić information content (AvgIpc) is 3.64. The summed E-state index contributed by atoms with van der Waals surface area (Å²) in [7, 11) is 0. The van der Waals surface area contributed by atoms with Crippen molar-refractivity contribution >= 4 is 17.8 Å². The summed E-state index contributed by atoms with van der Waals surface area (Å²) in [5.41, 5.74) is 1.36. The van der Waals surface area contributed by atoms with Crippen LogP contribution in [-0.2, 0) is 4.74 Å². The Labute approximate surface area is 200 Å². The van der Waals surface area contributed by atoms with Gasteiger partial charge in [-0.15, -0.1) is 0 Å². The first-order valence-corrected chi connectivity index (χ1v) is 11.9. The van der Waals surface area contributed by atoms with E-state index in [-0.39, 0.29) is 29.9 Å². The molecular formula is C26H32N4O4. The number of ketones is 1. The van der Waals surface area contributed by atoms with E-state index in [0.717, 1.165) is 31.2 Å². The van der Waals surface area contributed by atoms with Gasteiger partial charge in [-0.05, 0) is 53.4 Å². The number of benzene rings is 1. The quantitative estimate of drug-likeness (QED) is 0.611. The highest BCUT2D eigenvalue weighted by molar-refractivity contribution is 5.95. The van der Waals surface area contributed by atoms with Gasteiger partial charge in [0.1, 0.15) is 5.60 Å². The Morgan fingerprint density at radius 3 is 1.97 bits per heavy atom. The van der Waals surface area contributed by atoms with Crippen LogP contribution in [0.5, 0.6) is 0 Å². The summed E-state index contributed by atoms with van der Waals surface area (Å²) in [5.74, 6) is 0.456. The molecule has 8 heteroatoms. The third kappa shape index (κ3) is 5.61. The molecule has 0 N–H and O–H groups in total. The number of likely N-dealkylation sites (tertiary alicyclic amines) is 1. The highest BCUT2D eigenvalue weighted by atomic mass is 16.6. The summed E-state index contributed by atoms with van der Waals surface area (Å²) in [6.07, 6.45) is 6.31. The van der Waals surface area contributed by atoms with Crippen LogP contribution in [0.1, 0.15) is 74.1 Å². The molecule has 2 aromatic rings. The Hall–Kier alpha value is -3.29. The van der Waals surface area contributed by atoms with E-state index in [0.29, 0.717) is 30.0 Å². The SMILES string of the molecule is CC(=O)c1ccc(-c2ncc(C(=O)N(C3CC3)C3CCN(C(=O)OC(C)(C)C)CC3)cn2)cc1. The third-order valence-corrected chi connectivity index (χ3v) is 6.13. The summed E-state index contributed by atoms with van der Waals surface area (Å²) in [4.78, 5) is 49.8. The maximum absolute atomic E-state index is 13.4. The number of piperidine rings is 1. The fourth-order valence-corrected chi connectivity index (χ4v) is 4.23. The monoisotopic (exact) mass is 464 g/mol. The van der Waals surface area contributed by atoms with Crippen molar-refractivity contribution < 1.29 is 19.1 Å². The maximum Gasteiger partial charge on any atom is 0.410 e. The van der Waals surface area contributed by atoms with Crippen molar-refractivity contribution in [2.45, 2.75) is 71.1 Å². The molecule has 1 saturated carbocycles. The lowest BCUT2D eigenvalue weighted by atomic mass is 10.0. The van der Waals surface area contributed by atoms with Crippen LogP contribution in [0.2, 0.25) is 0 Å². The fraction of sp³-hybridized carbons (Fsp3) is 0.500. The molecule has 2 heterocycles. The number of Topliss-reactive ketones (excluding diaryl/α,β-unsaturated/α-hetero) is 1. The molecule has 0 radical (unpaired) electrons. The fourth-order valence-electron chi connectivity index (χ4n) is 4.23. The van der Waals surface area contributed by atoms with E-state index in [4.69, 9.17) is 4.74 Å². The number of carbonyl (C=O) groups excluding carboxylic acids is 3. The van der Waals surface area contributed by atoms with Crippen LogP contribution in [0.15, 0.2) is 36.7 Å². The number of amides is 2. The van der Waals surface area contributed by atoms with Gasteiger partial charge in [0.05, 0.1) is 5.56 Å². The summed E-state index contributed by atoms with van der Waals surface area (Å²) >= 11 is 0. The van der Waals surface area contributed by atoms with Crippen molar-refractivity contribution in [2.24, 2.45) is 0 Å². The number of carbonyl (C=O) groups is 3. The van der Waals surface area contributed by atoms with E-state index in [2.05, 4.69) is 9.97 Å². The van der Waals surface area contributed by atoms with Gasteiger partial charge in [-0.1, -0.05) is 24.3 Å².